The summed E-state index contributed by atoms with van der Waals surface area (Å²) in [6, 6.07) is 7.66. The topological polar surface area (TPSA) is 44.5 Å². The standard InChI is InChI=1S/C13H17NO2/c1-2-3-6-10(14)13-9-15-11-7-4-5-8-12(11)16-13/h2,4-5,7-8,10,13H,1,3,6,9,14H2. The van der Waals surface area contributed by atoms with Gasteiger partial charge < -0.3 is 15.2 Å². The van der Waals surface area contributed by atoms with E-state index >= 15 is 0 Å². The van der Waals surface area contributed by atoms with Crippen molar-refractivity contribution in [2.45, 2.75) is 25.0 Å². The molecule has 0 saturated carbocycles. The predicted octanol–water partition coefficient (Wildman–Crippen LogP) is 2.12. The molecule has 0 bridgehead atoms. The van der Waals surface area contributed by atoms with Crippen molar-refractivity contribution in [2.24, 2.45) is 5.73 Å². The summed E-state index contributed by atoms with van der Waals surface area (Å²) < 4.78 is 11.4. The second-order valence-electron chi connectivity index (χ2n) is 3.94. The molecule has 86 valence electrons. The van der Waals surface area contributed by atoms with Crippen molar-refractivity contribution in [1.29, 1.82) is 0 Å². The SMILES string of the molecule is C=CCCC(N)C1COc2ccccc2O1. The first-order valence-corrected chi connectivity index (χ1v) is 5.56. The minimum absolute atomic E-state index is 0.00800. The number of hydrogen-bond acceptors (Lipinski definition) is 3. The van der Waals surface area contributed by atoms with Gasteiger partial charge in [-0.15, -0.1) is 6.58 Å². The van der Waals surface area contributed by atoms with Crippen LogP contribution in [0.2, 0.25) is 0 Å². The Bertz CT molecular complexity index is 365. The summed E-state index contributed by atoms with van der Waals surface area (Å²) in [5.41, 5.74) is 6.04. The van der Waals surface area contributed by atoms with Gasteiger partial charge >= 0.3 is 0 Å². The number of allylic oxidation sites excluding steroid dienone is 1. The molecule has 0 aliphatic carbocycles. The van der Waals surface area contributed by atoms with Crippen LogP contribution in [0.5, 0.6) is 11.5 Å². The fraction of sp³-hybridized carbons (Fsp3) is 0.385. The third-order valence-corrected chi connectivity index (χ3v) is 2.71. The summed E-state index contributed by atoms with van der Waals surface area (Å²) in [4.78, 5) is 0. The maximum atomic E-state index is 6.04. The number of rotatable bonds is 4. The normalized spacial score (nSPS) is 20.2. The van der Waals surface area contributed by atoms with E-state index < -0.39 is 0 Å². The van der Waals surface area contributed by atoms with Crippen molar-refractivity contribution in [3.8, 4) is 11.5 Å². The van der Waals surface area contributed by atoms with E-state index in [1.807, 2.05) is 30.3 Å². The molecule has 1 aromatic carbocycles. The van der Waals surface area contributed by atoms with Gasteiger partial charge in [0, 0.05) is 6.04 Å². The molecule has 2 N–H and O–H groups in total. The van der Waals surface area contributed by atoms with Gasteiger partial charge in [0.1, 0.15) is 12.7 Å². The zero-order valence-electron chi connectivity index (χ0n) is 9.26. The van der Waals surface area contributed by atoms with Crippen LogP contribution >= 0.6 is 0 Å². The Morgan fingerprint density at radius 2 is 2.19 bits per heavy atom. The number of benzene rings is 1. The van der Waals surface area contributed by atoms with E-state index in [9.17, 15) is 0 Å². The van der Waals surface area contributed by atoms with E-state index in [2.05, 4.69) is 6.58 Å². The van der Waals surface area contributed by atoms with Crippen LogP contribution in [-0.2, 0) is 0 Å². The maximum Gasteiger partial charge on any atom is 0.161 e. The van der Waals surface area contributed by atoms with E-state index in [1.54, 1.807) is 0 Å². The molecule has 2 rings (SSSR count). The Hall–Kier alpha value is -1.48. The molecule has 1 aliphatic rings. The van der Waals surface area contributed by atoms with Crippen molar-refractivity contribution < 1.29 is 9.47 Å². The van der Waals surface area contributed by atoms with Crippen LogP contribution in [0, 0.1) is 0 Å². The van der Waals surface area contributed by atoms with Crippen LogP contribution in [0.3, 0.4) is 0 Å². The monoisotopic (exact) mass is 219 g/mol. The summed E-state index contributed by atoms with van der Waals surface area (Å²) in [5, 5.41) is 0. The molecule has 0 radical (unpaired) electrons. The van der Waals surface area contributed by atoms with Gasteiger partial charge in [-0.1, -0.05) is 18.2 Å². The molecule has 1 aliphatic heterocycles. The summed E-state index contributed by atoms with van der Waals surface area (Å²) >= 11 is 0. The Kier molecular flexibility index (Phi) is 3.47. The van der Waals surface area contributed by atoms with Crippen LogP contribution in [0.1, 0.15) is 12.8 Å². The molecule has 0 saturated heterocycles. The van der Waals surface area contributed by atoms with Gasteiger partial charge in [-0.25, -0.2) is 0 Å². The highest BCUT2D eigenvalue weighted by molar-refractivity contribution is 5.40. The Balaban J connectivity index is 1.99. The molecule has 1 heterocycles. The van der Waals surface area contributed by atoms with E-state index in [0.717, 1.165) is 24.3 Å². The lowest BCUT2D eigenvalue weighted by atomic mass is 10.1. The van der Waals surface area contributed by atoms with Crippen LogP contribution in [0.15, 0.2) is 36.9 Å². The summed E-state index contributed by atoms with van der Waals surface area (Å²) in [7, 11) is 0. The molecule has 0 spiro atoms. The summed E-state index contributed by atoms with van der Waals surface area (Å²) in [6.45, 7) is 4.21. The van der Waals surface area contributed by atoms with E-state index in [0.29, 0.717) is 6.61 Å². The quantitative estimate of drug-likeness (QED) is 0.789. The lowest BCUT2D eigenvalue weighted by Gasteiger charge is -2.30. The van der Waals surface area contributed by atoms with Crippen molar-refractivity contribution in [3.05, 3.63) is 36.9 Å². The predicted molar refractivity (Wildman–Crippen MR) is 63.8 cm³/mol. The maximum absolute atomic E-state index is 6.04. The first kappa shape index (κ1) is 11.0. The number of fused-ring (bicyclic) bond motifs is 1. The average molecular weight is 219 g/mol. The fourth-order valence-corrected chi connectivity index (χ4v) is 1.74. The lowest BCUT2D eigenvalue weighted by Crippen LogP contribution is -2.44. The minimum Gasteiger partial charge on any atom is -0.486 e. The fourth-order valence-electron chi connectivity index (χ4n) is 1.74. The molecule has 3 heteroatoms. The van der Waals surface area contributed by atoms with Gasteiger partial charge in [-0.3, -0.25) is 0 Å². The highest BCUT2D eigenvalue weighted by Crippen LogP contribution is 2.31. The summed E-state index contributed by atoms with van der Waals surface area (Å²) in [6.07, 6.45) is 3.59. The second kappa shape index (κ2) is 5.03. The zero-order valence-corrected chi connectivity index (χ0v) is 9.26. The van der Waals surface area contributed by atoms with Crippen molar-refractivity contribution >= 4 is 0 Å². The van der Waals surface area contributed by atoms with Crippen LogP contribution < -0.4 is 15.2 Å². The number of nitrogens with two attached hydrogens (primary N) is 1. The molecular weight excluding hydrogens is 202 g/mol. The van der Waals surface area contributed by atoms with Crippen molar-refractivity contribution in [2.75, 3.05) is 6.61 Å². The molecular formula is C13H17NO2. The minimum atomic E-state index is -0.0603. The van der Waals surface area contributed by atoms with Gasteiger partial charge in [0.15, 0.2) is 11.5 Å². The first-order valence-electron chi connectivity index (χ1n) is 5.56. The zero-order chi connectivity index (χ0) is 11.4. The molecule has 2 atom stereocenters. The molecule has 16 heavy (non-hydrogen) atoms. The largest absolute Gasteiger partial charge is 0.486 e. The Morgan fingerprint density at radius 1 is 1.44 bits per heavy atom. The molecule has 3 nitrogen and oxygen atoms in total. The van der Waals surface area contributed by atoms with Gasteiger partial charge in [0.2, 0.25) is 0 Å². The highest BCUT2D eigenvalue weighted by Gasteiger charge is 2.25. The third-order valence-electron chi connectivity index (χ3n) is 2.71. The van der Waals surface area contributed by atoms with Crippen molar-refractivity contribution in [1.82, 2.24) is 0 Å². The van der Waals surface area contributed by atoms with Crippen molar-refractivity contribution in [3.63, 3.8) is 0 Å². The van der Waals surface area contributed by atoms with Crippen LogP contribution in [0.4, 0.5) is 0 Å². The van der Waals surface area contributed by atoms with E-state index in [4.69, 9.17) is 15.2 Å². The summed E-state index contributed by atoms with van der Waals surface area (Å²) in [5.74, 6) is 1.59. The Morgan fingerprint density at radius 3 is 2.94 bits per heavy atom. The third kappa shape index (κ3) is 2.36. The van der Waals surface area contributed by atoms with Gasteiger partial charge in [0.05, 0.1) is 0 Å². The lowest BCUT2D eigenvalue weighted by molar-refractivity contribution is 0.0704. The molecule has 1 aromatic rings. The number of hydrogen-bond donors (Lipinski definition) is 1. The van der Waals surface area contributed by atoms with Gasteiger partial charge in [-0.2, -0.15) is 0 Å². The van der Waals surface area contributed by atoms with Crippen LogP contribution in [0.25, 0.3) is 0 Å². The van der Waals surface area contributed by atoms with E-state index in [1.165, 1.54) is 0 Å². The smallest absolute Gasteiger partial charge is 0.161 e. The second-order valence-corrected chi connectivity index (χ2v) is 3.94. The van der Waals surface area contributed by atoms with Gasteiger partial charge in [-0.05, 0) is 25.0 Å². The first-order chi connectivity index (χ1) is 7.81. The number of para-hydroxylation sites is 2. The van der Waals surface area contributed by atoms with Crippen LogP contribution in [-0.4, -0.2) is 18.8 Å². The molecule has 0 amide bonds. The molecule has 2 unspecified atom stereocenters. The highest BCUT2D eigenvalue weighted by atomic mass is 16.6. The van der Waals surface area contributed by atoms with E-state index in [-0.39, 0.29) is 12.1 Å². The average Bonchev–Trinajstić information content (AvgIpc) is 2.35. The molecule has 0 aromatic heterocycles. The molecule has 0 fully saturated rings. The Labute approximate surface area is 95.9 Å². The number of ether oxygens (including phenoxy) is 2. The van der Waals surface area contributed by atoms with Gasteiger partial charge in [0.25, 0.3) is 0 Å².